The smallest absolute Gasteiger partial charge is 0.497 e. The van der Waals surface area contributed by atoms with Crippen LogP contribution in [0.5, 0.6) is 11.5 Å². The van der Waals surface area contributed by atoms with E-state index in [2.05, 4.69) is 17.2 Å². The summed E-state index contributed by atoms with van der Waals surface area (Å²) >= 11 is 0. The Morgan fingerprint density at radius 2 is 1.78 bits per heavy atom. The molecular formula is C43H55N4O11P. The SMILES string of the molecule is C=C[C@@H]1C[C@]1(NC(=O)[C@@H]1C[C@@H](Oc2cc(-c3ccccc3)nc3cc(OC)ccc23)CN1C(=O)[C@@H](NC(=O)OC1CCCC1)C(C)(C)C)P(C)(=O)OCOC(=O)OCC. The van der Waals surface area contributed by atoms with E-state index in [-0.39, 0.29) is 32.1 Å². The van der Waals surface area contributed by atoms with Crippen molar-refractivity contribution in [1.29, 1.82) is 0 Å². The van der Waals surface area contributed by atoms with Crippen molar-refractivity contribution in [2.45, 2.75) is 95.8 Å². The van der Waals surface area contributed by atoms with Gasteiger partial charge in [-0.05, 0) is 56.6 Å². The van der Waals surface area contributed by atoms with E-state index in [1.54, 1.807) is 26.2 Å². The first-order valence-corrected chi connectivity index (χ1v) is 22.1. The van der Waals surface area contributed by atoms with E-state index in [0.29, 0.717) is 28.1 Å². The highest BCUT2D eigenvalue weighted by molar-refractivity contribution is 7.60. The molecular weight excluding hydrogens is 779 g/mol. The molecule has 0 spiro atoms. The molecule has 2 N–H and O–H groups in total. The van der Waals surface area contributed by atoms with Gasteiger partial charge in [-0.15, -0.1) is 6.58 Å². The van der Waals surface area contributed by atoms with E-state index in [0.717, 1.165) is 31.2 Å². The van der Waals surface area contributed by atoms with Gasteiger partial charge in [0.05, 0.1) is 31.5 Å². The van der Waals surface area contributed by atoms with Gasteiger partial charge in [-0.3, -0.25) is 18.7 Å². The van der Waals surface area contributed by atoms with Gasteiger partial charge in [0, 0.05) is 42.1 Å². The second-order valence-electron chi connectivity index (χ2n) is 16.4. The van der Waals surface area contributed by atoms with Crippen molar-refractivity contribution in [3.8, 4) is 22.8 Å². The van der Waals surface area contributed by atoms with Crippen molar-refractivity contribution in [2.75, 3.05) is 33.7 Å². The Morgan fingerprint density at radius 3 is 2.42 bits per heavy atom. The van der Waals surface area contributed by atoms with Crippen molar-refractivity contribution >= 4 is 42.3 Å². The Kier molecular flexibility index (Phi) is 13.3. The number of carbonyl (C=O) groups excluding carboxylic acids is 4. The molecule has 3 aliphatic rings. The van der Waals surface area contributed by atoms with Gasteiger partial charge in [-0.2, -0.15) is 0 Å². The first kappa shape index (κ1) is 43.4. The number of fused-ring (bicyclic) bond motifs is 1. The first-order chi connectivity index (χ1) is 28.1. The van der Waals surface area contributed by atoms with Gasteiger partial charge in [0.25, 0.3) is 0 Å². The predicted molar refractivity (Wildman–Crippen MR) is 220 cm³/mol. The van der Waals surface area contributed by atoms with Gasteiger partial charge in [-0.25, -0.2) is 14.6 Å². The molecule has 3 amide bonds. The minimum absolute atomic E-state index is 0.0188. The van der Waals surface area contributed by atoms with Crippen LogP contribution in [0.3, 0.4) is 0 Å². The second kappa shape index (κ2) is 18.0. The maximum Gasteiger partial charge on any atom is 0.510 e. The third-order valence-corrected chi connectivity index (χ3v) is 13.9. The van der Waals surface area contributed by atoms with Crippen LogP contribution in [0.2, 0.25) is 0 Å². The fraction of sp³-hybridized carbons (Fsp3) is 0.512. The normalized spacial score (nSPS) is 23.1. The summed E-state index contributed by atoms with van der Waals surface area (Å²) in [5.41, 5.74) is 1.33. The molecule has 59 heavy (non-hydrogen) atoms. The summed E-state index contributed by atoms with van der Waals surface area (Å²) in [6.07, 6.45) is 2.68. The predicted octanol–water partition coefficient (Wildman–Crippen LogP) is 7.42. The lowest BCUT2D eigenvalue weighted by molar-refractivity contribution is -0.142. The summed E-state index contributed by atoms with van der Waals surface area (Å²) in [5, 5.41) is 5.10. The highest BCUT2D eigenvalue weighted by Crippen LogP contribution is 2.70. The number of pyridine rings is 1. The van der Waals surface area contributed by atoms with Crippen molar-refractivity contribution < 1.29 is 52.0 Å². The Hall–Kier alpha value is -5.14. The number of methoxy groups -OCH3 is 1. The summed E-state index contributed by atoms with van der Waals surface area (Å²) in [6.45, 7) is 11.7. The third kappa shape index (κ3) is 9.84. The van der Waals surface area contributed by atoms with Gasteiger partial charge in [0.2, 0.25) is 26.0 Å². The highest BCUT2D eigenvalue weighted by Gasteiger charge is 2.65. The van der Waals surface area contributed by atoms with Gasteiger partial charge >= 0.3 is 12.2 Å². The number of nitrogens with zero attached hydrogens (tertiary/aromatic N) is 2. The molecule has 1 saturated heterocycles. The van der Waals surface area contributed by atoms with Crippen molar-refractivity contribution in [1.82, 2.24) is 20.5 Å². The molecule has 2 heterocycles. The standard InChI is InChI=1S/C43H55N4O11P/c1-8-28-24-43(28,59(7,52)56-26-55-41(51)54-9-2)46-38(48)35-22-31(25-47(35)39(49)37(42(3,4)5)45-40(50)58-29-17-13-14-18-29)57-36-23-33(27-15-11-10-12-16-27)44-34-21-30(53-6)19-20-32(34)36/h8,10-12,15-16,19-21,23,28-29,31,35,37H,1,9,13-14,17-18,22,24-26H2,2-7H3,(H,45,50)(H,46,48)/t28-,31-,35+,37-,43+,59?/m1/s1. The molecule has 1 aromatic heterocycles. The Labute approximate surface area is 344 Å². The highest BCUT2D eigenvalue weighted by atomic mass is 31.2. The lowest BCUT2D eigenvalue weighted by atomic mass is 9.85. The summed E-state index contributed by atoms with van der Waals surface area (Å²) in [7, 11) is -2.17. The molecule has 2 aliphatic carbocycles. The van der Waals surface area contributed by atoms with Crippen LogP contribution in [0, 0.1) is 11.3 Å². The Bertz CT molecular complexity index is 2090. The van der Waals surface area contributed by atoms with Crippen LogP contribution in [0.1, 0.15) is 66.2 Å². The number of ether oxygens (including phenoxy) is 5. The lowest BCUT2D eigenvalue weighted by Crippen LogP contribution is -2.58. The van der Waals surface area contributed by atoms with E-state index in [9.17, 15) is 23.7 Å². The maximum atomic E-state index is 14.8. The molecule has 2 saturated carbocycles. The number of hydrogen-bond acceptors (Lipinski definition) is 12. The van der Waals surface area contributed by atoms with E-state index < -0.39 is 73.0 Å². The quantitative estimate of drug-likeness (QED) is 0.0671. The molecule has 2 aromatic carbocycles. The zero-order valence-electron chi connectivity index (χ0n) is 34.6. The number of rotatable bonds is 15. The number of benzene rings is 2. The molecule has 1 unspecified atom stereocenters. The van der Waals surface area contributed by atoms with Gasteiger partial charge in [0.1, 0.15) is 41.1 Å². The number of amides is 3. The average molecular weight is 835 g/mol. The van der Waals surface area contributed by atoms with Crippen LogP contribution in [-0.4, -0.2) is 97.2 Å². The molecule has 1 aliphatic heterocycles. The van der Waals surface area contributed by atoms with Gasteiger partial charge < -0.3 is 39.2 Å². The largest absolute Gasteiger partial charge is 0.510 e. The summed E-state index contributed by atoms with van der Waals surface area (Å²) in [5.74, 6) is -0.446. The molecule has 6 rings (SSSR count). The molecule has 0 bridgehead atoms. The van der Waals surface area contributed by atoms with Crippen LogP contribution in [0.15, 0.2) is 67.3 Å². The monoisotopic (exact) mass is 834 g/mol. The second-order valence-corrected chi connectivity index (χ2v) is 19.1. The summed E-state index contributed by atoms with van der Waals surface area (Å²) in [6, 6.07) is 14.7. The van der Waals surface area contributed by atoms with Crippen molar-refractivity contribution in [3.63, 3.8) is 0 Å². The van der Waals surface area contributed by atoms with Crippen molar-refractivity contribution in [3.05, 3.63) is 67.3 Å². The minimum Gasteiger partial charge on any atom is -0.497 e. The summed E-state index contributed by atoms with van der Waals surface area (Å²) in [4.78, 5) is 60.8. The number of aromatic nitrogens is 1. The van der Waals surface area contributed by atoms with Crippen LogP contribution in [0.25, 0.3) is 22.2 Å². The van der Waals surface area contributed by atoms with Crippen LogP contribution < -0.4 is 20.1 Å². The van der Waals surface area contributed by atoms with Crippen LogP contribution >= 0.6 is 7.37 Å². The average Bonchev–Trinajstić information content (AvgIpc) is 3.46. The summed E-state index contributed by atoms with van der Waals surface area (Å²) < 4.78 is 47.5. The topological polar surface area (TPSA) is 181 Å². The zero-order valence-corrected chi connectivity index (χ0v) is 35.5. The minimum atomic E-state index is -3.75. The lowest BCUT2D eigenvalue weighted by Gasteiger charge is -2.36. The molecule has 0 radical (unpaired) electrons. The van der Waals surface area contributed by atoms with Crippen LogP contribution in [0.4, 0.5) is 9.59 Å². The van der Waals surface area contributed by atoms with E-state index in [4.69, 9.17) is 33.2 Å². The van der Waals surface area contributed by atoms with Crippen molar-refractivity contribution in [2.24, 2.45) is 11.3 Å². The van der Waals surface area contributed by atoms with Gasteiger partial charge in [0.15, 0.2) is 0 Å². The number of carbonyl (C=O) groups is 4. The molecule has 15 nitrogen and oxygen atoms in total. The molecule has 318 valence electrons. The molecule has 6 atom stereocenters. The molecule has 3 fully saturated rings. The van der Waals surface area contributed by atoms with E-state index in [1.165, 1.54) is 11.6 Å². The maximum absolute atomic E-state index is 14.8. The molecule has 16 heteroatoms. The Balaban J connectivity index is 1.32. The molecule has 3 aromatic rings. The first-order valence-electron chi connectivity index (χ1n) is 20.0. The Morgan fingerprint density at radius 1 is 1.05 bits per heavy atom. The fourth-order valence-electron chi connectivity index (χ4n) is 7.85. The zero-order chi connectivity index (χ0) is 42.5. The number of alkyl carbamates (subject to hydrolysis) is 1. The van der Waals surface area contributed by atoms with Gasteiger partial charge in [-0.1, -0.05) is 57.2 Å². The number of nitrogens with one attached hydrogen (secondary N) is 2. The third-order valence-electron chi connectivity index (χ3n) is 11.2. The number of hydrogen-bond donors (Lipinski definition) is 2. The van der Waals surface area contributed by atoms with E-state index in [1.807, 2.05) is 69.3 Å². The van der Waals surface area contributed by atoms with Crippen LogP contribution in [-0.2, 0) is 32.9 Å². The fourth-order valence-corrected chi connectivity index (χ4v) is 9.88. The van der Waals surface area contributed by atoms with E-state index >= 15 is 0 Å². The number of likely N-dealkylation sites (tertiary alicyclic amines) is 1.